The van der Waals surface area contributed by atoms with Gasteiger partial charge in [-0.2, -0.15) is 11.8 Å². The average Bonchev–Trinajstić information content (AvgIpc) is 3.02. The van der Waals surface area contributed by atoms with Gasteiger partial charge in [0.2, 0.25) is 5.91 Å². The average molecular weight is 296 g/mol. The molecule has 1 spiro atoms. The Hall–Kier alpha value is -0.220. The summed E-state index contributed by atoms with van der Waals surface area (Å²) in [7, 11) is 0. The van der Waals surface area contributed by atoms with E-state index in [-0.39, 0.29) is 11.7 Å². The molecule has 3 nitrogen and oxygen atoms in total. The molecule has 0 bridgehead atoms. The highest BCUT2D eigenvalue weighted by Crippen LogP contribution is 2.42. The maximum atomic E-state index is 12.9. The lowest BCUT2D eigenvalue weighted by atomic mass is 9.87. The number of hydrogen-bond acceptors (Lipinski definition) is 3. The van der Waals surface area contributed by atoms with Gasteiger partial charge in [-0.1, -0.05) is 32.1 Å². The second kappa shape index (κ2) is 5.53. The number of amides is 1. The van der Waals surface area contributed by atoms with E-state index in [2.05, 4.69) is 23.4 Å². The molecule has 3 fully saturated rings. The van der Waals surface area contributed by atoms with Gasteiger partial charge in [-0.05, 0) is 38.9 Å². The zero-order valence-electron chi connectivity index (χ0n) is 12.9. The smallest absolute Gasteiger partial charge is 0.244 e. The largest absolute Gasteiger partial charge is 0.324 e. The molecule has 0 radical (unpaired) electrons. The third-order valence-corrected chi connectivity index (χ3v) is 7.14. The first-order valence-corrected chi connectivity index (χ1v) is 9.47. The summed E-state index contributed by atoms with van der Waals surface area (Å²) < 4.78 is 0.313. The van der Waals surface area contributed by atoms with Gasteiger partial charge in [-0.15, -0.1) is 0 Å². The van der Waals surface area contributed by atoms with Crippen molar-refractivity contribution < 1.29 is 4.79 Å². The number of hydrogen-bond donors (Lipinski definition) is 1. The van der Waals surface area contributed by atoms with Crippen LogP contribution in [0.2, 0.25) is 0 Å². The molecule has 1 saturated heterocycles. The third kappa shape index (κ3) is 2.39. The lowest BCUT2D eigenvalue weighted by Gasteiger charge is -2.40. The Kier molecular flexibility index (Phi) is 4.06. The zero-order valence-corrected chi connectivity index (χ0v) is 13.7. The fourth-order valence-electron chi connectivity index (χ4n) is 4.47. The number of thioether (sulfide) groups is 1. The van der Waals surface area contributed by atoms with Crippen LogP contribution in [0.5, 0.6) is 0 Å². The van der Waals surface area contributed by atoms with Crippen LogP contribution in [0.25, 0.3) is 0 Å². The van der Waals surface area contributed by atoms with Crippen LogP contribution in [0.3, 0.4) is 0 Å². The minimum atomic E-state index is -0.201. The first kappa shape index (κ1) is 14.7. The summed E-state index contributed by atoms with van der Waals surface area (Å²) in [5.41, 5.74) is -0.201. The molecule has 1 heterocycles. The summed E-state index contributed by atoms with van der Waals surface area (Å²) in [5, 5.41) is 3.63. The molecule has 3 aliphatic rings. The third-order valence-electron chi connectivity index (χ3n) is 5.74. The second-order valence-corrected chi connectivity index (χ2v) is 8.26. The normalized spacial score (nSPS) is 32.2. The van der Waals surface area contributed by atoms with E-state index >= 15 is 0 Å². The predicted molar refractivity (Wildman–Crippen MR) is 84.8 cm³/mol. The van der Waals surface area contributed by atoms with Crippen LogP contribution in [0, 0.1) is 0 Å². The Bertz CT molecular complexity index is 373. The summed E-state index contributed by atoms with van der Waals surface area (Å²) in [5.74, 6) is 0.390. The van der Waals surface area contributed by atoms with E-state index < -0.39 is 0 Å². The van der Waals surface area contributed by atoms with Gasteiger partial charge < -0.3 is 4.90 Å². The summed E-state index contributed by atoms with van der Waals surface area (Å²) in [6.45, 7) is 3.12. The van der Waals surface area contributed by atoms with Crippen LogP contribution in [0.15, 0.2) is 0 Å². The topological polar surface area (TPSA) is 32.3 Å². The molecule has 2 saturated carbocycles. The van der Waals surface area contributed by atoms with Gasteiger partial charge in [0.05, 0.1) is 11.7 Å². The molecule has 1 aliphatic heterocycles. The summed E-state index contributed by atoms with van der Waals surface area (Å²) in [4.78, 5) is 15.1. The first-order chi connectivity index (χ1) is 9.61. The molecule has 3 rings (SSSR count). The van der Waals surface area contributed by atoms with E-state index in [9.17, 15) is 4.79 Å². The van der Waals surface area contributed by atoms with E-state index in [0.717, 1.165) is 19.4 Å². The summed E-state index contributed by atoms with van der Waals surface area (Å²) in [6, 6.07) is 0. The Labute approximate surface area is 127 Å². The SMILES string of the molecule is CSC1(CN2C(=O)C3(CCCC3)NC2C)CCCCC1. The number of carbonyl (C=O) groups excluding carboxylic acids is 1. The van der Waals surface area contributed by atoms with Crippen molar-refractivity contribution in [2.75, 3.05) is 12.8 Å². The molecule has 0 aromatic rings. The Morgan fingerprint density at radius 1 is 1.15 bits per heavy atom. The number of rotatable bonds is 3. The molecule has 0 aromatic carbocycles. The van der Waals surface area contributed by atoms with Crippen molar-refractivity contribution in [2.45, 2.75) is 81.2 Å². The molecule has 1 N–H and O–H groups in total. The standard InChI is InChI=1S/C16H28N2OS/c1-13-17-16(10-6-7-11-16)14(19)18(13)12-15(20-2)8-4-3-5-9-15/h13,17H,3-12H2,1-2H3. The quantitative estimate of drug-likeness (QED) is 0.868. The van der Waals surface area contributed by atoms with E-state index in [1.807, 2.05) is 11.8 Å². The van der Waals surface area contributed by atoms with Crippen LogP contribution < -0.4 is 5.32 Å². The van der Waals surface area contributed by atoms with Gasteiger partial charge in [0.1, 0.15) is 0 Å². The van der Waals surface area contributed by atoms with E-state index in [0.29, 0.717) is 10.7 Å². The number of nitrogens with zero attached hydrogens (tertiary/aromatic N) is 1. The fourth-order valence-corrected chi connectivity index (χ4v) is 5.43. The molecular weight excluding hydrogens is 268 g/mol. The monoisotopic (exact) mass is 296 g/mol. The van der Waals surface area contributed by atoms with Gasteiger partial charge in [-0.3, -0.25) is 10.1 Å². The van der Waals surface area contributed by atoms with E-state index in [4.69, 9.17) is 0 Å². The van der Waals surface area contributed by atoms with Gasteiger partial charge >= 0.3 is 0 Å². The summed E-state index contributed by atoms with van der Waals surface area (Å²) in [6.07, 6.45) is 13.5. The van der Waals surface area contributed by atoms with Crippen LogP contribution in [-0.4, -0.2) is 40.1 Å². The van der Waals surface area contributed by atoms with Crippen molar-refractivity contribution in [1.29, 1.82) is 0 Å². The van der Waals surface area contributed by atoms with Crippen molar-refractivity contribution in [3.05, 3.63) is 0 Å². The minimum absolute atomic E-state index is 0.201. The van der Waals surface area contributed by atoms with Crippen LogP contribution >= 0.6 is 11.8 Å². The molecule has 114 valence electrons. The lowest BCUT2D eigenvalue weighted by Crippen LogP contribution is -2.47. The van der Waals surface area contributed by atoms with Gasteiger partial charge in [0.25, 0.3) is 0 Å². The molecule has 1 unspecified atom stereocenters. The Morgan fingerprint density at radius 2 is 1.75 bits per heavy atom. The van der Waals surface area contributed by atoms with Crippen molar-refractivity contribution in [3.8, 4) is 0 Å². The second-order valence-electron chi connectivity index (χ2n) is 6.99. The first-order valence-electron chi connectivity index (χ1n) is 8.25. The molecule has 0 aromatic heterocycles. The molecule has 1 amide bonds. The minimum Gasteiger partial charge on any atom is -0.324 e. The van der Waals surface area contributed by atoms with Crippen LogP contribution in [0.1, 0.15) is 64.7 Å². The van der Waals surface area contributed by atoms with Crippen molar-refractivity contribution in [3.63, 3.8) is 0 Å². The van der Waals surface area contributed by atoms with Crippen molar-refractivity contribution in [2.24, 2.45) is 0 Å². The van der Waals surface area contributed by atoms with E-state index in [1.165, 1.54) is 44.9 Å². The summed E-state index contributed by atoms with van der Waals surface area (Å²) >= 11 is 1.99. The highest BCUT2D eigenvalue weighted by molar-refractivity contribution is 8.00. The molecule has 1 atom stereocenters. The molecule has 20 heavy (non-hydrogen) atoms. The van der Waals surface area contributed by atoms with Gasteiger partial charge in [0.15, 0.2) is 0 Å². The molecular formula is C16H28N2OS. The lowest BCUT2D eigenvalue weighted by molar-refractivity contribution is -0.133. The van der Waals surface area contributed by atoms with E-state index in [1.54, 1.807) is 0 Å². The Balaban J connectivity index is 1.74. The van der Waals surface area contributed by atoms with Crippen molar-refractivity contribution >= 4 is 17.7 Å². The maximum absolute atomic E-state index is 12.9. The molecule has 4 heteroatoms. The maximum Gasteiger partial charge on any atom is 0.244 e. The Morgan fingerprint density at radius 3 is 2.35 bits per heavy atom. The fraction of sp³-hybridized carbons (Fsp3) is 0.938. The van der Waals surface area contributed by atoms with Crippen molar-refractivity contribution in [1.82, 2.24) is 10.2 Å². The molecule has 2 aliphatic carbocycles. The van der Waals surface area contributed by atoms with Crippen LogP contribution in [-0.2, 0) is 4.79 Å². The highest BCUT2D eigenvalue weighted by atomic mass is 32.2. The number of carbonyl (C=O) groups is 1. The zero-order chi connectivity index (χ0) is 14.2. The van der Waals surface area contributed by atoms with Crippen LogP contribution in [0.4, 0.5) is 0 Å². The predicted octanol–water partition coefficient (Wildman–Crippen LogP) is 3.14. The highest BCUT2D eigenvalue weighted by Gasteiger charge is 2.52. The van der Waals surface area contributed by atoms with Gasteiger partial charge in [0, 0.05) is 11.3 Å². The van der Waals surface area contributed by atoms with Gasteiger partial charge in [-0.25, -0.2) is 0 Å². The number of nitrogens with one attached hydrogen (secondary N) is 1.